The van der Waals surface area contributed by atoms with Gasteiger partial charge in [0.2, 0.25) is 0 Å². The summed E-state index contributed by atoms with van der Waals surface area (Å²) in [6, 6.07) is 21.6. The molecule has 3 aromatic rings. The number of benzene rings is 2. The number of rotatable bonds is 5. The zero-order valence-electron chi connectivity index (χ0n) is 16.6. The van der Waals surface area contributed by atoms with Crippen molar-refractivity contribution in [1.29, 1.82) is 0 Å². The third-order valence-electron chi connectivity index (χ3n) is 4.71. The van der Waals surface area contributed by atoms with E-state index in [1.54, 1.807) is 0 Å². The van der Waals surface area contributed by atoms with Crippen LogP contribution >= 0.6 is 0 Å². The highest BCUT2D eigenvalue weighted by Gasteiger charge is 2.21. The van der Waals surface area contributed by atoms with Gasteiger partial charge in [-0.05, 0) is 40.3 Å². The molecule has 0 aliphatic carbocycles. The Labute approximate surface area is 159 Å². The first-order valence-corrected chi connectivity index (χ1v) is 13.0. The normalized spacial score (nSPS) is 11.8. The molecule has 0 unspecified atom stereocenters. The van der Waals surface area contributed by atoms with Crippen molar-refractivity contribution in [2.45, 2.75) is 39.9 Å². The Balaban J connectivity index is 1.96. The molecular weight excluding hydrogens is 330 g/mol. The minimum atomic E-state index is -1.38. The Morgan fingerprint density at radius 3 is 1.96 bits per heavy atom. The molecule has 1 nitrogen and oxygen atoms in total. The molecule has 0 bridgehead atoms. The van der Waals surface area contributed by atoms with Crippen LogP contribution in [0, 0.1) is 5.92 Å². The fraction of sp³-hybridized carbons (Fsp3) is 0.292. The lowest BCUT2D eigenvalue weighted by Crippen LogP contribution is -2.40. The van der Waals surface area contributed by atoms with Crippen molar-refractivity contribution in [3.63, 3.8) is 0 Å². The lowest BCUT2D eigenvalue weighted by Gasteiger charge is -2.22. The van der Waals surface area contributed by atoms with E-state index in [-0.39, 0.29) is 0 Å². The van der Waals surface area contributed by atoms with E-state index in [1.807, 2.05) is 0 Å². The van der Waals surface area contributed by atoms with Gasteiger partial charge in [-0.25, -0.2) is 0 Å². The van der Waals surface area contributed by atoms with Crippen LogP contribution in [0.5, 0.6) is 0 Å². The Hall–Kier alpha value is -2.19. The maximum absolute atomic E-state index is 4.82. The van der Waals surface area contributed by atoms with Gasteiger partial charge in [-0.2, -0.15) is 0 Å². The van der Waals surface area contributed by atoms with Crippen LogP contribution in [0.25, 0.3) is 22.4 Å². The van der Waals surface area contributed by atoms with E-state index >= 15 is 0 Å². The van der Waals surface area contributed by atoms with E-state index < -0.39 is 8.07 Å². The maximum Gasteiger partial charge on any atom is 0.0799 e. The molecule has 1 heterocycles. The second-order valence-corrected chi connectivity index (χ2v) is 13.6. The van der Waals surface area contributed by atoms with Crippen LogP contribution in [0.3, 0.4) is 0 Å². The molecular formula is C24H29NSi. The topological polar surface area (TPSA) is 12.9 Å². The van der Waals surface area contributed by atoms with Crippen LogP contribution in [0.1, 0.15) is 19.4 Å². The molecule has 0 aliphatic rings. The summed E-state index contributed by atoms with van der Waals surface area (Å²) in [6.07, 6.45) is 3.27. The zero-order valence-corrected chi connectivity index (χ0v) is 17.6. The van der Waals surface area contributed by atoms with Crippen LogP contribution in [-0.4, -0.2) is 13.1 Å². The molecule has 0 amide bonds. The van der Waals surface area contributed by atoms with Gasteiger partial charge < -0.3 is 0 Å². The molecule has 2 heteroatoms. The van der Waals surface area contributed by atoms with Crippen LogP contribution in [-0.2, 0) is 6.42 Å². The van der Waals surface area contributed by atoms with Crippen molar-refractivity contribution < 1.29 is 0 Å². The summed E-state index contributed by atoms with van der Waals surface area (Å²) in [7, 11) is -1.38. The van der Waals surface area contributed by atoms with Crippen molar-refractivity contribution in [3.05, 3.63) is 72.4 Å². The highest BCUT2D eigenvalue weighted by molar-refractivity contribution is 6.89. The molecule has 0 atom stereocenters. The minimum absolute atomic E-state index is 0.654. The molecule has 1 aromatic heterocycles. The van der Waals surface area contributed by atoms with E-state index in [0.29, 0.717) is 5.92 Å². The van der Waals surface area contributed by atoms with Gasteiger partial charge in [-0.1, -0.05) is 88.1 Å². The van der Waals surface area contributed by atoms with Gasteiger partial charge in [-0.15, -0.1) is 0 Å². The average molecular weight is 360 g/mol. The van der Waals surface area contributed by atoms with Crippen LogP contribution in [0.15, 0.2) is 66.9 Å². The number of hydrogen-bond acceptors (Lipinski definition) is 1. The largest absolute Gasteiger partial charge is 0.256 e. The molecule has 2 aromatic carbocycles. The first-order chi connectivity index (χ1) is 12.3. The molecule has 3 rings (SSSR count). The Morgan fingerprint density at radius 1 is 0.808 bits per heavy atom. The van der Waals surface area contributed by atoms with E-state index in [2.05, 4.69) is 100 Å². The number of pyridine rings is 1. The van der Waals surface area contributed by atoms with Gasteiger partial charge in [0.25, 0.3) is 0 Å². The zero-order chi connectivity index (χ0) is 18.7. The quantitative estimate of drug-likeness (QED) is 0.497. The molecule has 0 N–H and O–H groups in total. The van der Waals surface area contributed by atoms with Crippen molar-refractivity contribution in [3.8, 4) is 22.4 Å². The summed E-state index contributed by atoms with van der Waals surface area (Å²) in [5, 5.41) is 1.50. The molecule has 0 saturated carbocycles. The summed E-state index contributed by atoms with van der Waals surface area (Å²) in [5.74, 6) is 0.654. The monoisotopic (exact) mass is 359 g/mol. The summed E-state index contributed by atoms with van der Waals surface area (Å²) in [4.78, 5) is 4.82. The van der Waals surface area contributed by atoms with Crippen LogP contribution in [0.4, 0.5) is 0 Å². The molecule has 0 radical (unpaired) electrons. The summed E-state index contributed by atoms with van der Waals surface area (Å²) < 4.78 is 0. The van der Waals surface area contributed by atoms with E-state index in [4.69, 9.17) is 4.98 Å². The van der Waals surface area contributed by atoms with Gasteiger partial charge in [-0.3, -0.25) is 4.98 Å². The van der Waals surface area contributed by atoms with E-state index in [0.717, 1.165) is 12.1 Å². The second kappa shape index (κ2) is 7.59. The fourth-order valence-corrected chi connectivity index (χ4v) is 4.99. The molecule has 26 heavy (non-hydrogen) atoms. The highest BCUT2D eigenvalue weighted by Crippen LogP contribution is 2.25. The third-order valence-corrected chi connectivity index (χ3v) is 6.78. The van der Waals surface area contributed by atoms with Gasteiger partial charge in [0.05, 0.1) is 13.8 Å². The van der Waals surface area contributed by atoms with Gasteiger partial charge in [0.15, 0.2) is 0 Å². The summed E-state index contributed by atoms with van der Waals surface area (Å²) in [6.45, 7) is 11.8. The average Bonchev–Trinajstić information content (AvgIpc) is 2.61. The molecule has 134 valence electrons. The Kier molecular flexibility index (Phi) is 5.43. The van der Waals surface area contributed by atoms with Gasteiger partial charge in [0.1, 0.15) is 0 Å². The number of nitrogens with zero attached hydrogens (tertiary/aromatic N) is 1. The first kappa shape index (κ1) is 18.6. The van der Waals surface area contributed by atoms with E-state index in [1.165, 1.54) is 27.4 Å². The Morgan fingerprint density at radius 2 is 1.38 bits per heavy atom. The Bertz CT molecular complexity index is 859. The summed E-state index contributed by atoms with van der Waals surface area (Å²) >= 11 is 0. The van der Waals surface area contributed by atoms with Crippen molar-refractivity contribution >= 4 is 13.3 Å². The fourth-order valence-electron chi connectivity index (χ4n) is 3.40. The second-order valence-electron chi connectivity index (χ2n) is 8.52. The van der Waals surface area contributed by atoms with Crippen molar-refractivity contribution in [2.75, 3.05) is 0 Å². The van der Waals surface area contributed by atoms with E-state index in [9.17, 15) is 0 Å². The van der Waals surface area contributed by atoms with Crippen LogP contribution < -0.4 is 5.19 Å². The minimum Gasteiger partial charge on any atom is -0.256 e. The van der Waals surface area contributed by atoms with Crippen LogP contribution in [0.2, 0.25) is 19.6 Å². The van der Waals surface area contributed by atoms with Crippen molar-refractivity contribution in [2.24, 2.45) is 5.92 Å². The number of aromatic nitrogens is 1. The predicted molar refractivity (Wildman–Crippen MR) is 117 cm³/mol. The molecule has 0 fully saturated rings. The summed E-state index contributed by atoms with van der Waals surface area (Å²) in [5.41, 5.74) is 6.26. The third kappa shape index (κ3) is 4.31. The first-order valence-electron chi connectivity index (χ1n) is 9.50. The van der Waals surface area contributed by atoms with Gasteiger partial charge >= 0.3 is 0 Å². The lowest BCUT2D eigenvalue weighted by molar-refractivity contribution is 0.649. The SMILES string of the molecule is CC(C)Cc1cc(-c2ccc(-c3ccccc3)cc2)ncc1[Si](C)(C)C. The maximum atomic E-state index is 4.82. The standard InChI is InChI=1S/C24H29NSi/c1-18(2)15-22-16-23(25-17-24(22)26(3,4)5)21-13-11-20(12-14-21)19-9-7-6-8-10-19/h6-14,16-18H,15H2,1-5H3. The smallest absolute Gasteiger partial charge is 0.0799 e. The van der Waals surface area contributed by atoms with Crippen molar-refractivity contribution in [1.82, 2.24) is 4.98 Å². The molecule has 0 spiro atoms. The number of hydrogen-bond donors (Lipinski definition) is 0. The molecule has 0 saturated heterocycles. The van der Waals surface area contributed by atoms with Gasteiger partial charge in [0, 0.05) is 11.8 Å². The highest BCUT2D eigenvalue weighted by atomic mass is 28.3. The lowest BCUT2D eigenvalue weighted by atomic mass is 9.99. The molecule has 0 aliphatic heterocycles. The predicted octanol–water partition coefficient (Wildman–Crippen LogP) is 6.16.